The summed E-state index contributed by atoms with van der Waals surface area (Å²) >= 11 is 0. The fourth-order valence-corrected chi connectivity index (χ4v) is 3.68. The monoisotopic (exact) mass is 478 g/mol. The lowest BCUT2D eigenvalue weighted by Crippen LogP contribution is -2.31. The van der Waals surface area contributed by atoms with Crippen LogP contribution in [0.3, 0.4) is 0 Å². The summed E-state index contributed by atoms with van der Waals surface area (Å²) in [7, 11) is -3.83. The van der Waals surface area contributed by atoms with Crippen molar-refractivity contribution in [2.45, 2.75) is 31.7 Å². The number of carbonyl (C=O) groups is 2. The maximum Gasteiger partial charge on any atom is 0.341 e. The zero-order chi connectivity index (χ0) is 24.8. The van der Waals surface area contributed by atoms with Gasteiger partial charge in [0, 0.05) is 25.2 Å². The van der Waals surface area contributed by atoms with Gasteiger partial charge in [-0.2, -0.15) is 0 Å². The molecular weight excluding hydrogens is 452 g/mol. The van der Waals surface area contributed by atoms with Gasteiger partial charge in [-0.1, -0.05) is 12.1 Å². The minimum atomic E-state index is -3.83. The smallest absolute Gasteiger partial charge is 0.341 e. The van der Waals surface area contributed by atoms with Crippen molar-refractivity contribution in [3.63, 3.8) is 0 Å². The predicted molar refractivity (Wildman–Crippen MR) is 121 cm³/mol. The number of hydrogen-bond acceptors (Lipinski definition) is 8. The third kappa shape index (κ3) is 6.73. The van der Waals surface area contributed by atoms with Gasteiger partial charge in [0.1, 0.15) is 0 Å². The summed E-state index contributed by atoms with van der Waals surface area (Å²) < 4.78 is 27.8. The van der Waals surface area contributed by atoms with Gasteiger partial charge in [0.25, 0.3) is 11.6 Å². The van der Waals surface area contributed by atoms with Gasteiger partial charge in [-0.05, 0) is 44.5 Å². The summed E-state index contributed by atoms with van der Waals surface area (Å²) in [4.78, 5) is 37.2. The number of primary sulfonamides is 1. The lowest BCUT2D eigenvalue weighted by Gasteiger charge is -2.23. The Kier molecular flexibility index (Phi) is 8.49. The number of sulfonamides is 1. The number of esters is 1. The van der Waals surface area contributed by atoms with Gasteiger partial charge in [-0.3, -0.25) is 14.9 Å². The Hall–Kier alpha value is -3.51. The number of benzene rings is 2. The molecule has 0 fully saturated rings. The molecule has 0 saturated carbocycles. The first-order valence-corrected chi connectivity index (χ1v) is 11.6. The Balaban J connectivity index is 2.08. The number of anilines is 1. The normalized spacial score (nSPS) is 12.0. The number of ether oxygens (including phenoxy) is 1. The van der Waals surface area contributed by atoms with E-state index in [0.717, 1.165) is 6.07 Å². The molecule has 1 atom stereocenters. The molecular formula is C21H26N4O7S. The fraction of sp³-hybridized carbons (Fsp3) is 0.333. The number of nitrogens with two attached hydrogens (primary N) is 1. The summed E-state index contributed by atoms with van der Waals surface area (Å²) in [5.74, 6) is -1.46. The van der Waals surface area contributed by atoms with Crippen molar-refractivity contribution >= 4 is 33.3 Å². The van der Waals surface area contributed by atoms with Crippen molar-refractivity contribution in [2.24, 2.45) is 5.14 Å². The molecule has 0 aromatic heterocycles. The SMILES string of the molecule is CCN(CC)c1ccc([N+](=O)[O-])cc1C(=O)OCC(=O)NC(C)c1ccc(S(N)(=O)=O)cc1. The average molecular weight is 479 g/mol. The molecule has 0 radical (unpaired) electrons. The van der Waals surface area contributed by atoms with Gasteiger partial charge < -0.3 is 15.0 Å². The Morgan fingerprint density at radius 1 is 1.15 bits per heavy atom. The van der Waals surface area contributed by atoms with Crippen molar-refractivity contribution in [1.82, 2.24) is 5.32 Å². The molecule has 178 valence electrons. The van der Waals surface area contributed by atoms with E-state index in [1.807, 2.05) is 18.7 Å². The van der Waals surface area contributed by atoms with Gasteiger partial charge in [-0.15, -0.1) is 0 Å². The highest BCUT2D eigenvalue weighted by Crippen LogP contribution is 2.26. The van der Waals surface area contributed by atoms with Crippen LogP contribution in [-0.2, 0) is 19.6 Å². The second-order valence-corrected chi connectivity index (χ2v) is 8.67. The zero-order valence-corrected chi connectivity index (χ0v) is 19.3. The molecule has 12 heteroatoms. The van der Waals surface area contributed by atoms with Crippen LogP contribution >= 0.6 is 0 Å². The maximum absolute atomic E-state index is 12.6. The number of nitro benzene ring substituents is 1. The summed E-state index contributed by atoms with van der Waals surface area (Å²) in [5, 5.41) is 18.8. The van der Waals surface area contributed by atoms with E-state index in [-0.39, 0.29) is 16.1 Å². The molecule has 0 aliphatic rings. The predicted octanol–water partition coefficient (Wildman–Crippen LogP) is 2.12. The van der Waals surface area contributed by atoms with Crippen molar-refractivity contribution in [1.29, 1.82) is 0 Å². The number of nitro groups is 1. The molecule has 2 aromatic rings. The molecule has 0 aliphatic heterocycles. The number of nitrogens with one attached hydrogen (secondary N) is 1. The van der Waals surface area contributed by atoms with Gasteiger partial charge in [0.15, 0.2) is 6.61 Å². The first-order chi connectivity index (χ1) is 15.5. The summed E-state index contributed by atoms with van der Waals surface area (Å²) in [5.41, 5.74) is 0.815. The third-order valence-corrected chi connectivity index (χ3v) is 5.86. The summed E-state index contributed by atoms with van der Waals surface area (Å²) in [6, 6.07) is 9.08. The van der Waals surface area contributed by atoms with Crippen LogP contribution in [0.5, 0.6) is 0 Å². The van der Waals surface area contributed by atoms with Crippen LogP contribution in [0.1, 0.15) is 42.7 Å². The molecule has 0 spiro atoms. The third-order valence-electron chi connectivity index (χ3n) is 4.94. The van der Waals surface area contributed by atoms with E-state index in [0.29, 0.717) is 24.3 Å². The van der Waals surface area contributed by atoms with Crippen molar-refractivity contribution in [3.05, 3.63) is 63.7 Å². The number of amides is 1. The maximum atomic E-state index is 12.6. The first-order valence-electron chi connectivity index (χ1n) is 10.1. The van der Waals surface area contributed by atoms with Crippen LogP contribution in [0.2, 0.25) is 0 Å². The number of hydrogen-bond donors (Lipinski definition) is 2. The van der Waals surface area contributed by atoms with Crippen LogP contribution < -0.4 is 15.4 Å². The highest BCUT2D eigenvalue weighted by molar-refractivity contribution is 7.89. The molecule has 0 heterocycles. The van der Waals surface area contributed by atoms with Crippen molar-refractivity contribution in [2.75, 3.05) is 24.6 Å². The summed E-state index contributed by atoms with van der Waals surface area (Å²) in [6.07, 6.45) is 0. The van der Waals surface area contributed by atoms with E-state index in [1.54, 1.807) is 6.92 Å². The highest BCUT2D eigenvalue weighted by atomic mass is 32.2. The molecule has 0 saturated heterocycles. The van der Waals surface area contributed by atoms with Gasteiger partial charge in [0.05, 0.1) is 27.1 Å². The second-order valence-electron chi connectivity index (χ2n) is 7.11. The number of rotatable bonds is 10. The van der Waals surface area contributed by atoms with Gasteiger partial charge >= 0.3 is 5.97 Å². The molecule has 0 bridgehead atoms. The first kappa shape index (κ1) is 25.7. The van der Waals surface area contributed by atoms with Gasteiger partial charge in [-0.25, -0.2) is 18.4 Å². The number of nitrogens with zero attached hydrogens (tertiary/aromatic N) is 2. The minimum Gasteiger partial charge on any atom is -0.452 e. The lowest BCUT2D eigenvalue weighted by molar-refractivity contribution is -0.384. The van der Waals surface area contributed by atoms with Crippen LogP contribution in [-0.4, -0.2) is 44.9 Å². The quantitative estimate of drug-likeness (QED) is 0.298. The molecule has 2 rings (SSSR count). The highest BCUT2D eigenvalue weighted by Gasteiger charge is 2.22. The fourth-order valence-electron chi connectivity index (χ4n) is 3.16. The van der Waals surface area contributed by atoms with E-state index in [4.69, 9.17) is 9.88 Å². The zero-order valence-electron chi connectivity index (χ0n) is 18.5. The van der Waals surface area contributed by atoms with Crippen LogP contribution in [0.4, 0.5) is 11.4 Å². The molecule has 0 aliphatic carbocycles. The Bertz CT molecular complexity index is 1130. The Morgan fingerprint density at radius 2 is 1.76 bits per heavy atom. The number of carbonyl (C=O) groups excluding carboxylic acids is 2. The Morgan fingerprint density at radius 3 is 2.27 bits per heavy atom. The van der Waals surface area contributed by atoms with Crippen LogP contribution in [0, 0.1) is 10.1 Å². The van der Waals surface area contributed by atoms with Crippen LogP contribution in [0.15, 0.2) is 47.4 Å². The van der Waals surface area contributed by atoms with Crippen molar-refractivity contribution < 1.29 is 27.7 Å². The second kappa shape index (κ2) is 10.9. The topological polar surface area (TPSA) is 162 Å². The molecule has 1 unspecified atom stereocenters. The molecule has 33 heavy (non-hydrogen) atoms. The number of non-ortho nitro benzene ring substituents is 1. The Labute approximate surface area is 191 Å². The van der Waals surface area contributed by atoms with Crippen LogP contribution in [0.25, 0.3) is 0 Å². The molecule has 2 aromatic carbocycles. The lowest BCUT2D eigenvalue weighted by atomic mass is 10.1. The van der Waals surface area contributed by atoms with Gasteiger partial charge in [0.2, 0.25) is 10.0 Å². The van der Waals surface area contributed by atoms with E-state index in [9.17, 15) is 28.1 Å². The van der Waals surface area contributed by atoms with E-state index >= 15 is 0 Å². The average Bonchev–Trinajstić information content (AvgIpc) is 2.77. The van der Waals surface area contributed by atoms with Crippen molar-refractivity contribution in [3.8, 4) is 0 Å². The molecule has 3 N–H and O–H groups in total. The molecule has 11 nitrogen and oxygen atoms in total. The van der Waals surface area contributed by atoms with E-state index < -0.39 is 39.5 Å². The largest absolute Gasteiger partial charge is 0.452 e. The standard InChI is InChI=1S/C21H26N4O7S/c1-4-24(5-2)19-11-8-16(25(28)29)12-18(19)21(27)32-13-20(26)23-14(3)15-6-9-17(10-7-15)33(22,30)31/h6-12,14H,4-5,13H2,1-3H3,(H,23,26)(H2,22,30,31). The van der Waals surface area contributed by atoms with E-state index in [1.165, 1.54) is 36.4 Å². The molecule has 1 amide bonds. The minimum absolute atomic E-state index is 0.00710. The summed E-state index contributed by atoms with van der Waals surface area (Å²) in [6.45, 7) is 5.96. The van der Waals surface area contributed by atoms with E-state index in [2.05, 4.69) is 5.32 Å².